The molecule has 5 heteroatoms. The number of ether oxygens (including phenoxy) is 2. The zero-order chi connectivity index (χ0) is 12.1. The zero-order valence-corrected chi connectivity index (χ0v) is 9.14. The van der Waals surface area contributed by atoms with Crippen molar-refractivity contribution in [2.45, 2.75) is 5.92 Å². The highest BCUT2D eigenvalue weighted by molar-refractivity contribution is 5.76. The molecule has 0 spiro atoms. The molecule has 0 saturated heterocycles. The molecule has 2 N–H and O–H groups in total. The van der Waals surface area contributed by atoms with Gasteiger partial charge in [-0.05, 0) is 17.7 Å². The van der Waals surface area contributed by atoms with Crippen LogP contribution in [0.4, 0.5) is 0 Å². The average molecular weight is 226 g/mol. The minimum Gasteiger partial charge on any atom is -0.493 e. The van der Waals surface area contributed by atoms with Crippen LogP contribution in [0.1, 0.15) is 11.5 Å². The molecule has 0 aromatic heterocycles. The molecular weight excluding hydrogens is 212 g/mol. The van der Waals surface area contributed by atoms with E-state index >= 15 is 0 Å². The lowest BCUT2D eigenvalue weighted by atomic mass is 10.00. The average Bonchev–Trinajstić information content (AvgIpc) is 2.29. The van der Waals surface area contributed by atoms with Gasteiger partial charge in [-0.1, -0.05) is 6.07 Å². The first-order valence-corrected chi connectivity index (χ1v) is 4.69. The quantitative estimate of drug-likeness (QED) is 0.778. The van der Waals surface area contributed by atoms with Crippen molar-refractivity contribution in [2.24, 2.45) is 0 Å². The lowest BCUT2D eigenvalue weighted by Crippen LogP contribution is -2.15. The van der Waals surface area contributed by atoms with E-state index in [9.17, 15) is 4.79 Å². The lowest BCUT2D eigenvalue weighted by Gasteiger charge is -2.13. The van der Waals surface area contributed by atoms with E-state index in [0.717, 1.165) is 0 Å². The first-order chi connectivity index (χ1) is 7.63. The van der Waals surface area contributed by atoms with E-state index in [0.29, 0.717) is 17.1 Å². The summed E-state index contributed by atoms with van der Waals surface area (Å²) in [6, 6.07) is 4.75. The summed E-state index contributed by atoms with van der Waals surface area (Å²) < 4.78 is 10.1. The van der Waals surface area contributed by atoms with Gasteiger partial charge in [0.15, 0.2) is 11.5 Å². The molecule has 5 nitrogen and oxygen atoms in total. The molecule has 1 atom stereocenters. The summed E-state index contributed by atoms with van der Waals surface area (Å²) in [6.07, 6.45) is 0. The van der Waals surface area contributed by atoms with Crippen molar-refractivity contribution in [1.29, 1.82) is 0 Å². The van der Waals surface area contributed by atoms with Gasteiger partial charge < -0.3 is 19.7 Å². The van der Waals surface area contributed by atoms with E-state index in [2.05, 4.69) is 0 Å². The maximum absolute atomic E-state index is 10.9. The highest BCUT2D eigenvalue weighted by Gasteiger charge is 2.20. The summed E-state index contributed by atoms with van der Waals surface area (Å²) in [5.41, 5.74) is 0.479. The molecule has 0 saturated carbocycles. The first-order valence-electron chi connectivity index (χ1n) is 4.69. The smallest absolute Gasteiger partial charge is 0.313 e. The number of aliphatic hydroxyl groups is 1. The van der Waals surface area contributed by atoms with E-state index < -0.39 is 18.5 Å². The van der Waals surface area contributed by atoms with E-state index in [1.54, 1.807) is 18.2 Å². The summed E-state index contributed by atoms with van der Waals surface area (Å²) in [5, 5.41) is 17.9. The minimum atomic E-state index is -1.07. The number of benzene rings is 1. The van der Waals surface area contributed by atoms with Gasteiger partial charge in [-0.25, -0.2) is 0 Å². The fraction of sp³-hybridized carbons (Fsp3) is 0.364. The summed E-state index contributed by atoms with van der Waals surface area (Å²) in [5.74, 6) is -1.05. The van der Waals surface area contributed by atoms with Crippen LogP contribution in [-0.4, -0.2) is 37.0 Å². The summed E-state index contributed by atoms with van der Waals surface area (Å²) in [4.78, 5) is 10.9. The molecule has 1 aromatic rings. The maximum atomic E-state index is 10.9. The van der Waals surface area contributed by atoms with E-state index in [-0.39, 0.29) is 0 Å². The second-order valence-corrected chi connectivity index (χ2v) is 3.19. The number of methoxy groups -OCH3 is 2. The molecular formula is C11H14O5. The normalized spacial score (nSPS) is 11.9. The number of carboxylic acids is 1. The number of aliphatic carboxylic acids is 1. The molecule has 0 amide bonds. The topological polar surface area (TPSA) is 76.0 Å². The Balaban J connectivity index is 3.11. The molecule has 0 aliphatic carbocycles. The van der Waals surface area contributed by atoms with Crippen LogP contribution in [-0.2, 0) is 4.79 Å². The minimum absolute atomic E-state index is 0.444. The van der Waals surface area contributed by atoms with Crippen LogP contribution in [0.2, 0.25) is 0 Å². The molecule has 16 heavy (non-hydrogen) atoms. The third-order valence-corrected chi connectivity index (χ3v) is 2.29. The highest BCUT2D eigenvalue weighted by atomic mass is 16.5. The Morgan fingerprint density at radius 3 is 2.38 bits per heavy atom. The van der Waals surface area contributed by atoms with Gasteiger partial charge in [0, 0.05) is 0 Å². The maximum Gasteiger partial charge on any atom is 0.313 e. The Morgan fingerprint density at radius 1 is 1.31 bits per heavy atom. The fourth-order valence-electron chi connectivity index (χ4n) is 1.40. The third kappa shape index (κ3) is 2.43. The van der Waals surface area contributed by atoms with Crippen molar-refractivity contribution in [1.82, 2.24) is 0 Å². The molecule has 0 radical (unpaired) electrons. The summed E-state index contributed by atoms with van der Waals surface area (Å²) >= 11 is 0. The number of rotatable bonds is 5. The second kappa shape index (κ2) is 5.37. The molecule has 0 aliphatic heterocycles. The van der Waals surface area contributed by atoms with E-state index in [4.69, 9.17) is 19.7 Å². The molecule has 1 aromatic carbocycles. The summed E-state index contributed by atoms with van der Waals surface area (Å²) in [7, 11) is 2.97. The van der Waals surface area contributed by atoms with Gasteiger partial charge in [-0.2, -0.15) is 0 Å². The van der Waals surface area contributed by atoms with Crippen LogP contribution in [0.3, 0.4) is 0 Å². The van der Waals surface area contributed by atoms with Gasteiger partial charge in [0.2, 0.25) is 0 Å². The number of carbonyl (C=O) groups is 1. The largest absolute Gasteiger partial charge is 0.493 e. The number of carboxylic acid groups (broad SMARTS) is 1. The predicted octanol–water partition coefficient (Wildman–Crippen LogP) is 0.864. The van der Waals surface area contributed by atoms with Crippen molar-refractivity contribution in [3.63, 3.8) is 0 Å². The standard InChI is InChI=1S/C11H14O5/c1-15-9-4-3-7(5-10(9)16-2)8(6-12)11(13)14/h3-5,8,12H,6H2,1-2H3,(H,13,14). The van der Waals surface area contributed by atoms with Crippen molar-refractivity contribution in [3.05, 3.63) is 23.8 Å². The van der Waals surface area contributed by atoms with Gasteiger partial charge >= 0.3 is 5.97 Å². The predicted molar refractivity (Wildman–Crippen MR) is 57.0 cm³/mol. The van der Waals surface area contributed by atoms with Crippen LogP contribution in [0.5, 0.6) is 11.5 Å². The SMILES string of the molecule is COc1ccc(C(CO)C(=O)O)cc1OC. The van der Waals surface area contributed by atoms with E-state index in [1.807, 2.05) is 0 Å². The number of hydrogen-bond acceptors (Lipinski definition) is 4. The Bertz CT molecular complexity index is 375. The number of hydrogen-bond donors (Lipinski definition) is 2. The van der Waals surface area contributed by atoms with Gasteiger partial charge in [-0.3, -0.25) is 4.79 Å². The Morgan fingerprint density at radius 2 is 1.94 bits per heavy atom. The Labute approximate surface area is 93.2 Å². The van der Waals surface area contributed by atoms with Crippen LogP contribution in [0, 0.1) is 0 Å². The fourth-order valence-corrected chi connectivity index (χ4v) is 1.40. The van der Waals surface area contributed by atoms with Gasteiger partial charge in [0.25, 0.3) is 0 Å². The van der Waals surface area contributed by atoms with Crippen molar-refractivity contribution >= 4 is 5.97 Å². The molecule has 0 heterocycles. The number of aliphatic hydroxyl groups excluding tert-OH is 1. The molecule has 0 aliphatic rings. The highest BCUT2D eigenvalue weighted by Crippen LogP contribution is 2.30. The van der Waals surface area contributed by atoms with Crippen LogP contribution in [0.15, 0.2) is 18.2 Å². The summed E-state index contributed by atoms with van der Waals surface area (Å²) in [6.45, 7) is -0.454. The molecule has 88 valence electrons. The van der Waals surface area contributed by atoms with Crippen LogP contribution >= 0.6 is 0 Å². The lowest BCUT2D eigenvalue weighted by molar-refractivity contribution is -0.139. The van der Waals surface area contributed by atoms with Crippen molar-refractivity contribution in [2.75, 3.05) is 20.8 Å². The van der Waals surface area contributed by atoms with Gasteiger partial charge in [0.05, 0.1) is 20.8 Å². The second-order valence-electron chi connectivity index (χ2n) is 3.19. The Kier molecular flexibility index (Phi) is 4.13. The van der Waals surface area contributed by atoms with Gasteiger partial charge in [-0.15, -0.1) is 0 Å². The first kappa shape index (κ1) is 12.3. The Hall–Kier alpha value is -1.75. The molecule has 1 unspecified atom stereocenters. The van der Waals surface area contributed by atoms with Crippen molar-refractivity contribution in [3.8, 4) is 11.5 Å². The molecule has 0 fully saturated rings. The molecule has 0 bridgehead atoms. The van der Waals surface area contributed by atoms with Gasteiger partial charge in [0.1, 0.15) is 5.92 Å². The monoisotopic (exact) mass is 226 g/mol. The van der Waals surface area contributed by atoms with E-state index in [1.165, 1.54) is 14.2 Å². The molecule has 1 rings (SSSR count). The van der Waals surface area contributed by atoms with Crippen molar-refractivity contribution < 1.29 is 24.5 Å². The van der Waals surface area contributed by atoms with Crippen LogP contribution in [0.25, 0.3) is 0 Å². The van der Waals surface area contributed by atoms with Crippen LogP contribution < -0.4 is 9.47 Å². The zero-order valence-electron chi connectivity index (χ0n) is 9.14. The third-order valence-electron chi connectivity index (χ3n) is 2.29.